The van der Waals surface area contributed by atoms with Crippen LogP contribution in [0.2, 0.25) is 0 Å². The molecule has 0 unspecified atom stereocenters. The van der Waals surface area contributed by atoms with E-state index in [0.717, 1.165) is 10.5 Å². The summed E-state index contributed by atoms with van der Waals surface area (Å²) in [7, 11) is 0. The SMILES string of the molecule is CCC1=C(C)CN(C(=O)Oc2ccccc2)C1=O. The van der Waals surface area contributed by atoms with Gasteiger partial charge in [0.05, 0.1) is 6.54 Å². The fourth-order valence-electron chi connectivity index (χ4n) is 1.99. The first-order chi connectivity index (χ1) is 8.63. The zero-order chi connectivity index (χ0) is 13.1. The van der Waals surface area contributed by atoms with Crippen molar-refractivity contribution in [1.29, 1.82) is 0 Å². The third-order valence-electron chi connectivity index (χ3n) is 2.94. The number of carbonyl (C=O) groups is 2. The van der Waals surface area contributed by atoms with Crippen LogP contribution in [0, 0.1) is 0 Å². The van der Waals surface area contributed by atoms with Crippen molar-refractivity contribution < 1.29 is 14.3 Å². The molecule has 1 aromatic rings. The lowest BCUT2D eigenvalue weighted by atomic mass is 10.1. The highest BCUT2D eigenvalue weighted by molar-refractivity contribution is 6.05. The summed E-state index contributed by atoms with van der Waals surface area (Å²) in [6, 6.07) is 8.74. The molecule has 0 N–H and O–H groups in total. The topological polar surface area (TPSA) is 46.6 Å². The number of rotatable bonds is 2. The van der Waals surface area contributed by atoms with Gasteiger partial charge >= 0.3 is 6.09 Å². The maximum absolute atomic E-state index is 11.9. The molecule has 94 valence electrons. The molecule has 1 heterocycles. The molecule has 2 rings (SSSR count). The highest BCUT2D eigenvalue weighted by atomic mass is 16.6. The molecule has 1 aliphatic heterocycles. The molecule has 0 saturated heterocycles. The Morgan fingerprint density at radius 2 is 2.00 bits per heavy atom. The van der Waals surface area contributed by atoms with Crippen molar-refractivity contribution in [2.24, 2.45) is 0 Å². The zero-order valence-electron chi connectivity index (χ0n) is 10.5. The molecular weight excluding hydrogens is 230 g/mol. The number of para-hydroxylation sites is 1. The normalized spacial score (nSPS) is 15.2. The monoisotopic (exact) mass is 245 g/mol. The fraction of sp³-hybridized carbons (Fsp3) is 0.286. The number of ether oxygens (including phenoxy) is 1. The van der Waals surface area contributed by atoms with Crippen molar-refractivity contribution in [3.05, 3.63) is 41.5 Å². The summed E-state index contributed by atoms with van der Waals surface area (Å²) in [5, 5.41) is 0. The number of benzene rings is 1. The first kappa shape index (κ1) is 12.4. The molecule has 18 heavy (non-hydrogen) atoms. The van der Waals surface area contributed by atoms with Gasteiger partial charge in [-0.15, -0.1) is 0 Å². The van der Waals surface area contributed by atoms with E-state index in [2.05, 4.69) is 0 Å². The van der Waals surface area contributed by atoms with E-state index in [1.165, 1.54) is 0 Å². The summed E-state index contributed by atoms with van der Waals surface area (Å²) in [4.78, 5) is 25.0. The van der Waals surface area contributed by atoms with Gasteiger partial charge < -0.3 is 4.74 Å². The molecule has 0 atom stereocenters. The van der Waals surface area contributed by atoms with E-state index in [9.17, 15) is 9.59 Å². The molecule has 2 amide bonds. The summed E-state index contributed by atoms with van der Waals surface area (Å²) in [6.45, 7) is 4.10. The van der Waals surface area contributed by atoms with Crippen LogP contribution in [0.3, 0.4) is 0 Å². The van der Waals surface area contributed by atoms with E-state index in [1.54, 1.807) is 24.3 Å². The van der Waals surface area contributed by atoms with Crippen LogP contribution in [0.4, 0.5) is 4.79 Å². The number of nitrogens with zero attached hydrogens (tertiary/aromatic N) is 1. The Kier molecular flexibility index (Phi) is 3.46. The van der Waals surface area contributed by atoms with Crippen molar-refractivity contribution >= 4 is 12.0 Å². The highest BCUT2D eigenvalue weighted by Gasteiger charge is 2.32. The summed E-state index contributed by atoms with van der Waals surface area (Å²) in [5.41, 5.74) is 1.65. The van der Waals surface area contributed by atoms with E-state index in [1.807, 2.05) is 19.9 Å². The zero-order valence-corrected chi connectivity index (χ0v) is 10.5. The number of amides is 2. The van der Waals surface area contributed by atoms with Gasteiger partial charge in [-0.05, 0) is 31.1 Å². The van der Waals surface area contributed by atoms with Gasteiger partial charge in [0.2, 0.25) is 0 Å². The van der Waals surface area contributed by atoms with Crippen LogP contribution in [-0.2, 0) is 4.79 Å². The molecule has 1 aromatic carbocycles. The maximum atomic E-state index is 11.9. The Balaban J connectivity index is 2.07. The quantitative estimate of drug-likeness (QED) is 0.804. The Morgan fingerprint density at radius 3 is 2.56 bits per heavy atom. The Hall–Kier alpha value is -2.10. The van der Waals surface area contributed by atoms with E-state index in [-0.39, 0.29) is 5.91 Å². The highest BCUT2D eigenvalue weighted by Crippen LogP contribution is 2.22. The average Bonchev–Trinajstić information content (AvgIpc) is 2.65. The molecule has 0 radical (unpaired) electrons. The van der Waals surface area contributed by atoms with Crippen molar-refractivity contribution in [3.63, 3.8) is 0 Å². The third-order valence-corrected chi connectivity index (χ3v) is 2.94. The van der Waals surface area contributed by atoms with Crippen molar-refractivity contribution in [2.45, 2.75) is 20.3 Å². The van der Waals surface area contributed by atoms with E-state index >= 15 is 0 Å². The predicted octanol–water partition coefficient (Wildman–Crippen LogP) is 2.75. The molecular formula is C14H15NO3. The summed E-state index contributed by atoms with van der Waals surface area (Å²) in [5.74, 6) is 0.203. The lowest BCUT2D eigenvalue weighted by Crippen LogP contribution is -2.36. The van der Waals surface area contributed by atoms with Crippen LogP contribution < -0.4 is 4.74 Å². The van der Waals surface area contributed by atoms with Gasteiger partial charge in [0.15, 0.2) is 0 Å². The van der Waals surface area contributed by atoms with Gasteiger partial charge in [0.25, 0.3) is 5.91 Å². The van der Waals surface area contributed by atoms with E-state index in [0.29, 0.717) is 24.3 Å². The van der Waals surface area contributed by atoms with Crippen LogP contribution in [-0.4, -0.2) is 23.4 Å². The Morgan fingerprint density at radius 1 is 1.33 bits per heavy atom. The molecule has 4 heteroatoms. The number of imide groups is 1. The average molecular weight is 245 g/mol. The van der Waals surface area contributed by atoms with Crippen LogP contribution >= 0.6 is 0 Å². The Bertz CT molecular complexity index is 505. The summed E-state index contributed by atoms with van der Waals surface area (Å²) in [6.07, 6.45) is 0.0220. The van der Waals surface area contributed by atoms with Crippen molar-refractivity contribution in [2.75, 3.05) is 6.54 Å². The van der Waals surface area contributed by atoms with Crippen LogP contribution in [0.5, 0.6) is 5.75 Å². The largest absolute Gasteiger partial charge is 0.422 e. The second-order valence-corrected chi connectivity index (χ2v) is 4.18. The van der Waals surface area contributed by atoms with E-state index < -0.39 is 6.09 Å². The van der Waals surface area contributed by atoms with Gasteiger partial charge in [-0.3, -0.25) is 4.79 Å². The standard InChI is InChI=1S/C14H15NO3/c1-3-12-10(2)9-15(13(12)16)14(17)18-11-7-5-4-6-8-11/h4-8H,3,9H2,1-2H3. The minimum absolute atomic E-state index is 0.240. The predicted molar refractivity (Wildman–Crippen MR) is 67.2 cm³/mol. The van der Waals surface area contributed by atoms with E-state index in [4.69, 9.17) is 4.74 Å². The van der Waals surface area contributed by atoms with Crippen molar-refractivity contribution in [3.8, 4) is 5.75 Å². The second kappa shape index (κ2) is 5.04. The van der Waals surface area contributed by atoms with Gasteiger partial charge in [0, 0.05) is 5.57 Å². The van der Waals surface area contributed by atoms with Gasteiger partial charge in [-0.1, -0.05) is 25.1 Å². The Labute approximate surface area is 106 Å². The fourth-order valence-corrected chi connectivity index (χ4v) is 1.99. The number of hydrogen-bond acceptors (Lipinski definition) is 3. The lowest BCUT2D eigenvalue weighted by Gasteiger charge is -2.14. The molecule has 0 spiro atoms. The molecule has 0 aliphatic carbocycles. The lowest BCUT2D eigenvalue weighted by molar-refractivity contribution is -0.123. The number of carbonyl (C=O) groups excluding carboxylic acids is 2. The molecule has 1 aliphatic rings. The van der Waals surface area contributed by atoms with Crippen LogP contribution in [0.1, 0.15) is 20.3 Å². The van der Waals surface area contributed by atoms with Gasteiger partial charge in [0.1, 0.15) is 5.75 Å². The molecule has 4 nitrogen and oxygen atoms in total. The summed E-state index contributed by atoms with van der Waals surface area (Å²) < 4.78 is 5.15. The first-order valence-electron chi connectivity index (χ1n) is 5.90. The molecule has 0 fully saturated rings. The first-order valence-corrected chi connectivity index (χ1v) is 5.90. The third kappa shape index (κ3) is 2.27. The molecule has 0 bridgehead atoms. The van der Waals surface area contributed by atoms with Crippen LogP contribution in [0.25, 0.3) is 0 Å². The number of hydrogen-bond donors (Lipinski definition) is 0. The van der Waals surface area contributed by atoms with Gasteiger partial charge in [-0.25, -0.2) is 9.69 Å². The molecule has 0 aromatic heterocycles. The van der Waals surface area contributed by atoms with Crippen LogP contribution in [0.15, 0.2) is 41.5 Å². The second-order valence-electron chi connectivity index (χ2n) is 4.18. The maximum Gasteiger partial charge on any atom is 0.422 e. The van der Waals surface area contributed by atoms with Gasteiger partial charge in [-0.2, -0.15) is 0 Å². The minimum atomic E-state index is -0.617. The smallest absolute Gasteiger partial charge is 0.410 e. The minimum Gasteiger partial charge on any atom is -0.410 e. The van der Waals surface area contributed by atoms with Crippen molar-refractivity contribution in [1.82, 2.24) is 4.90 Å². The summed E-state index contributed by atoms with van der Waals surface area (Å²) >= 11 is 0. The molecule has 0 saturated carbocycles.